The molecule has 0 aromatic carbocycles. The Morgan fingerprint density at radius 2 is 2.16 bits per heavy atom. The third kappa shape index (κ3) is 4.54. The largest absolute Gasteiger partial charge is 0.370 e. The van der Waals surface area contributed by atoms with Crippen LogP contribution in [0.4, 0.5) is 5.82 Å². The number of hydrogen-bond acceptors (Lipinski definition) is 3. The molecule has 104 valence electrons. The first-order chi connectivity index (χ1) is 9.19. The molecule has 0 radical (unpaired) electrons. The van der Waals surface area contributed by atoms with Gasteiger partial charge in [-0.15, -0.1) is 0 Å². The summed E-state index contributed by atoms with van der Waals surface area (Å²) < 4.78 is 0. The number of rotatable bonds is 7. The van der Waals surface area contributed by atoms with E-state index in [1.54, 1.807) is 0 Å². The lowest BCUT2D eigenvalue weighted by Crippen LogP contribution is -2.25. The van der Waals surface area contributed by atoms with E-state index in [0.717, 1.165) is 43.4 Å². The van der Waals surface area contributed by atoms with Gasteiger partial charge in [-0.2, -0.15) is 0 Å². The summed E-state index contributed by atoms with van der Waals surface area (Å²) in [5.41, 5.74) is 1.57. The van der Waals surface area contributed by atoms with Crippen LogP contribution in [0.25, 0.3) is 0 Å². The van der Waals surface area contributed by atoms with Crippen LogP contribution in [0.5, 0.6) is 0 Å². The topological polar surface area (TPSA) is 54.0 Å². The molecule has 4 nitrogen and oxygen atoms in total. The van der Waals surface area contributed by atoms with Crippen LogP contribution in [0, 0.1) is 12.8 Å². The van der Waals surface area contributed by atoms with E-state index in [9.17, 15) is 4.79 Å². The highest BCUT2D eigenvalue weighted by Gasteiger charge is 2.20. The molecular formula is C15H23N3O. The minimum Gasteiger partial charge on any atom is -0.370 e. The number of hydrogen-bond donors (Lipinski definition) is 2. The zero-order valence-corrected chi connectivity index (χ0v) is 11.8. The zero-order valence-electron chi connectivity index (χ0n) is 11.8. The van der Waals surface area contributed by atoms with Crippen molar-refractivity contribution in [3.63, 3.8) is 0 Å². The van der Waals surface area contributed by atoms with Gasteiger partial charge >= 0.3 is 0 Å². The molecule has 1 aliphatic rings. The van der Waals surface area contributed by atoms with Crippen LogP contribution in [-0.2, 0) is 0 Å². The number of anilines is 1. The molecule has 1 aliphatic carbocycles. The average Bonchev–Trinajstić information content (AvgIpc) is 3.19. The second-order valence-electron chi connectivity index (χ2n) is 5.30. The summed E-state index contributed by atoms with van der Waals surface area (Å²) in [6, 6.07) is 3.67. The van der Waals surface area contributed by atoms with E-state index in [0.29, 0.717) is 5.56 Å². The van der Waals surface area contributed by atoms with E-state index in [-0.39, 0.29) is 5.91 Å². The monoisotopic (exact) mass is 261 g/mol. The van der Waals surface area contributed by atoms with Crippen molar-refractivity contribution in [3.05, 3.63) is 23.4 Å². The van der Waals surface area contributed by atoms with Crippen LogP contribution in [0.15, 0.2) is 12.1 Å². The smallest absolute Gasteiger partial charge is 0.251 e. The standard InChI is InChI=1S/C15H23N3O/c1-3-7-16-14-10-13(9-11(2)18-14)15(19)17-8-6-12-4-5-12/h9-10,12H,3-8H2,1-2H3,(H,16,18)(H,17,19). The second-order valence-corrected chi connectivity index (χ2v) is 5.30. The maximum Gasteiger partial charge on any atom is 0.251 e. The van der Waals surface area contributed by atoms with Crippen LogP contribution in [0.2, 0.25) is 0 Å². The van der Waals surface area contributed by atoms with Crippen LogP contribution >= 0.6 is 0 Å². The summed E-state index contributed by atoms with van der Waals surface area (Å²) in [6.45, 7) is 5.67. The van der Waals surface area contributed by atoms with Gasteiger partial charge in [0.2, 0.25) is 0 Å². The lowest BCUT2D eigenvalue weighted by molar-refractivity contribution is 0.0952. The van der Waals surface area contributed by atoms with E-state index in [1.165, 1.54) is 12.8 Å². The maximum atomic E-state index is 12.1. The lowest BCUT2D eigenvalue weighted by atomic mass is 10.2. The van der Waals surface area contributed by atoms with Crippen molar-refractivity contribution in [1.82, 2.24) is 10.3 Å². The molecule has 1 aromatic rings. The molecule has 0 aliphatic heterocycles. The van der Waals surface area contributed by atoms with Gasteiger partial charge in [-0.05, 0) is 37.8 Å². The number of carbonyl (C=O) groups is 1. The molecule has 2 N–H and O–H groups in total. The van der Waals surface area contributed by atoms with Gasteiger partial charge in [0, 0.05) is 24.3 Å². The Kier molecular flexibility index (Phi) is 4.77. The van der Waals surface area contributed by atoms with Crippen LogP contribution in [0.3, 0.4) is 0 Å². The van der Waals surface area contributed by atoms with Gasteiger partial charge in [0.1, 0.15) is 5.82 Å². The van der Waals surface area contributed by atoms with Crippen molar-refractivity contribution in [2.24, 2.45) is 5.92 Å². The van der Waals surface area contributed by atoms with E-state index in [2.05, 4.69) is 22.5 Å². The predicted octanol–water partition coefficient (Wildman–Crippen LogP) is 2.74. The van der Waals surface area contributed by atoms with E-state index < -0.39 is 0 Å². The Balaban J connectivity index is 1.92. The molecule has 1 heterocycles. The quantitative estimate of drug-likeness (QED) is 0.793. The van der Waals surface area contributed by atoms with Crippen molar-refractivity contribution in [3.8, 4) is 0 Å². The lowest BCUT2D eigenvalue weighted by Gasteiger charge is -2.09. The van der Waals surface area contributed by atoms with E-state index in [4.69, 9.17) is 0 Å². The molecule has 0 bridgehead atoms. The number of aromatic nitrogens is 1. The summed E-state index contributed by atoms with van der Waals surface area (Å²) in [7, 11) is 0. The number of nitrogens with zero attached hydrogens (tertiary/aromatic N) is 1. The van der Waals surface area contributed by atoms with Gasteiger partial charge in [0.05, 0.1) is 0 Å². The molecule has 1 saturated carbocycles. The van der Waals surface area contributed by atoms with Crippen molar-refractivity contribution in [2.45, 2.75) is 39.5 Å². The minimum atomic E-state index is 0.00528. The predicted molar refractivity (Wildman–Crippen MR) is 77.4 cm³/mol. The highest BCUT2D eigenvalue weighted by Crippen LogP contribution is 2.31. The molecule has 0 saturated heterocycles. The number of nitrogens with one attached hydrogen (secondary N) is 2. The molecule has 1 fully saturated rings. The second kappa shape index (κ2) is 6.55. The molecule has 0 unspecified atom stereocenters. The van der Waals surface area contributed by atoms with Crippen molar-refractivity contribution in [1.29, 1.82) is 0 Å². The zero-order chi connectivity index (χ0) is 13.7. The third-order valence-corrected chi connectivity index (χ3v) is 3.31. The van der Waals surface area contributed by atoms with Crippen molar-refractivity contribution < 1.29 is 4.79 Å². The van der Waals surface area contributed by atoms with E-state index >= 15 is 0 Å². The first-order valence-corrected chi connectivity index (χ1v) is 7.19. The van der Waals surface area contributed by atoms with Gasteiger partial charge in [-0.1, -0.05) is 19.8 Å². The summed E-state index contributed by atoms with van der Waals surface area (Å²) in [6.07, 6.45) is 4.81. The molecule has 2 rings (SSSR count). The third-order valence-electron chi connectivity index (χ3n) is 3.31. The number of amides is 1. The molecule has 0 atom stereocenters. The summed E-state index contributed by atoms with van der Waals surface area (Å²) in [5.74, 6) is 1.64. The van der Waals surface area contributed by atoms with Crippen LogP contribution < -0.4 is 10.6 Å². The summed E-state index contributed by atoms with van der Waals surface area (Å²) >= 11 is 0. The Labute approximate surface area is 115 Å². The van der Waals surface area contributed by atoms with Crippen molar-refractivity contribution >= 4 is 11.7 Å². The fraction of sp³-hybridized carbons (Fsp3) is 0.600. The van der Waals surface area contributed by atoms with Gasteiger partial charge in [-0.25, -0.2) is 4.98 Å². The summed E-state index contributed by atoms with van der Waals surface area (Å²) in [5, 5.41) is 6.21. The number of carbonyl (C=O) groups excluding carboxylic acids is 1. The van der Waals surface area contributed by atoms with Crippen LogP contribution in [-0.4, -0.2) is 24.0 Å². The van der Waals surface area contributed by atoms with Gasteiger partial charge < -0.3 is 10.6 Å². The molecular weight excluding hydrogens is 238 g/mol. The number of aryl methyl sites for hydroxylation is 1. The molecule has 4 heteroatoms. The first-order valence-electron chi connectivity index (χ1n) is 7.19. The highest BCUT2D eigenvalue weighted by atomic mass is 16.1. The fourth-order valence-corrected chi connectivity index (χ4v) is 2.04. The first kappa shape index (κ1) is 13.8. The Morgan fingerprint density at radius 1 is 1.37 bits per heavy atom. The Bertz CT molecular complexity index is 441. The van der Waals surface area contributed by atoms with E-state index in [1.807, 2.05) is 19.1 Å². The van der Waals surface area contributed by atoms with Crippen LogP contribution in [0.1, 0.15) is 48.7 Å². The van der Waals surface area contributed by atoms with Gasteiger partial charge in [0.15, 0.2) is 0 Å². The molecule has 0 spiro atoms. The fourth-order valence-electron chi connectivity index (χ4n) is 2.04. The molecule has 1 aromatic heterocycles. The normalized spacial score (nSPS) is 14.2. The Hall–Kier alpha value is -1.58. The maximum absolute atomic E-state index is 12.1. The van der Waals surface area contributed by atoms with Crippen molar-refractivity contribution in [2.75, 3.05) is 18.4 Å². The molecule has 1 amide bonds. The average molecular weight is 261 g/mol. The van der Waals surface area contributed by atoms with Gasteiger partial charge in [-0.3, -0.25) is 4.79 Å². The number of pyridine rings is 1. The summed E-state index contributed by atoms with van der Waals surface area (Å²) in [4.78, 5) is 16.4. The minimum absolute atomic E-state index is 0.00528. The Morgan fingerprint density at radius 3 is 2.84 bits per heavy atom. The van der Waals surface area contributed by atoms with Gasteiger partial charge in [0.25, 0.3) is 5.91 Å². The SMILES string of the molecule is CCCNc1cc(C(=O)NCCC2CC2)cc(C)n1. The molecule has 19 heavy (non-hydrogen) atoms. The highest BCUT2D eigenvalue weighted by molar-refractivity contribution is 5.94.